The average Bonchev–Trinajstić information content (AvgIpc) is 3.15. The lowest BCUT2D eigenvalue weighted by atomic mass is 10.1. The van der Waals surface area contributed by atoms with Crippen molar-refractivity contribution in [2.24, 2.45) is 0 Å². The van der Waals surface area contributed by atoms with Gasteiger partial charge in [-0.2, -0.15) is 0 Å². The Balaban J connectivity index is 1.68. The normalized spacial score (nSPS) is 13.4. The van der Waals surface area contributed by atoms with Crippen molar-refractivity contribution >= 4 is 34.0 Å². The van der Waals surface area contributed by atoms with Crippen LogP contribution in [0.3, 0.4) is 0 Å². The molecule has 4 rings (SSSR count). The van der Waals surface area contributed by atoms with Gasteiger partial charge in [0, 0.05) is 11.9 Å². The van der Waals surface area contributed by atoms with Crippen LogP contribution in [0.1, 0.15) is 20.8 Å². The highest BCUT2D eigenvalue weighted by Gasteiger charge is 2.23. The second kappa shape index (κ2) is 5.10. The summed E-state index contributed by atoms with van der Waals surface area (Å²) in [6.45, 7) is 2.82. The van der Waals surface area contributed by atoms with E-state index in [1.807, 2.05) is 22.5 Å². The number of carbonyl (C=O) groups is 1. The summed E-state index contributed by atoms with van der Waals surface area (Å²) in [7, 11) is 0. The molecular formula is C17H15N3OS. The number of nitrogens with one attached hydrogen (secondary N) is 1. The standard InChI is InChI=1S/C17H15N3OS/c1-11-4-5-12-10-13-6-7-20(16(13)18-14(12)9-11)19-17(21)15-3-2-8-22-15/h2-5,8-10H,6-7H2,1H3,(H,19,21). The summed E-state index contributed by atoms with van der Waals surface area (Å²) < 4.78 is 0. The number of amides is 1. The van der Waals surface area contributed by atoms with Crippen molar-refractivity contribution in [2.75, 3.05) is 11.6 Å². The zero-order chi connectivity index (χ0) is 15.1. The van der Waals surface area contributed by atoms with Crippen LogP contribution in [0.15, 0.2) is 41.8 Å². The number of hydrogen-bond acceptors (Lipinski definition) is 4. The molecule has 0 fully saturated rings. The summed E-state index contributed by atoms with van der Waals surface area (Å²) in [4.78, 5) is 17.7. The fraction of sp³-hybridized carbons (Fsp3) is 0.176. The van der Waals surface area contributed by atoms with Crippen molar-refractivity contribution in [3.63, 3.8) is 0 Å². The highest BCUT2D eigenvalue weighted by atomic mass is 32.1. The van der Waals surface area contributed by atoms with Crippen LogP contribution in [0.25, 0.3) is 10.9 Å². The first-order chi connectivity index (χ1) is 10.7. The molecule has 0 saturated carbocycles. The first kappa shape index (κ1) is 13.3. The second-order valence-electron chi connectivity index (χ2n) is 5.49. The van der Waals surface area contributed by atoms with E-state index in [-0.39, 0.29) is 5.91 Å². The molecule has 4 nitrogen and oxygen atoms in total. The summed E-state index contributed by atoms with van der Waals surface area (Å²) in [6.07, 6.45) is 0.900. The molecule has 1 amide bonds. The summed E-state index contributed by atoms with van der Waals surface area (Å²) in [5, 5.41) is 4.91. The van der Waals surface area contributed by atoms with Gasteiger partial charge in [-0.05, 0) is 48.1 Å². The van der Waals surface area contributed by atoms with Gasteiger partial charge >= 0.3 is 0 Å². The monoisotopic (exact) mass is 309 g/mol. The van der Waals surface area contributed by atoms with Crippen LogP contribution >= 0.6 is 11.3 Å². The van der Waals surface area contributed by atoms with Crippen molar-refractivity contribution < 1.29 is 4.79 Å². The van der Waals surface area contributed by atoms with Gasteiger partial charge in [0.05, 0.1) is 10.4 Å². The van der Waals surface area contributed by atoms with Crippen LogP contribution in [-0.4, -0.2) is 17.4 Å². The van der Waals surface area contributed by atoms with Gasteiger partial charge in [-0.15, -0.1) is 11.3 Å². The summed E-state index contributed by atoms with van der Waals surface area (Å²) in [5.74, 6) is 0.789. The maximum atomic E-state index is 12.2. The van der Waals surface area contributed by atoms with Crippen LogP contribution in [0.2, 0.25) is 0 Å². The van der Waals surface area contributed by atoms with Gasteiger partial charge in [0.2, 0.25) is 0 Å². The number of nitrogens with zero attached hydrogens (tertiary/aromatic N) is 2. The van der Waals surface area contributed by atoms with Crippen LogP contribution in [0.4, 0.5) is 5.82 Å². The van der Waals surface area contributed by atoms with Crippen LogP contribution in [-0.2, 0) is 6.42 Å². The minimum absolute atomic E-state index is 0.0750. The number of fused-ring (bicyclic) bond motifs is 2. The van der Waals surface area contributed by atoms with Gasteiger partial charge in [0.15, 0.2) is 5.82 Å². The molecule has 1 N–H and O–H groups in total. The SMILES string of the molecule is Cc1ccc2cc3c(nc2c1)N(NC(=O)c1cccs1)CC3. The van der Waals surface area contributed by atoms with Crippen LogP contribution in [0, 0.1) is 6.92 Å². The molecule has 3 aromatic rings. The Labute approximate surface area is 132 Å². The molecule has 1 aliphatic rings. The number of pyridine rings is 1. The number of carbonyl (C=O) groups excluding carboxylic acids is 1. The van der Waals surface area contributed by atoms with E-state index in [2.05, 4.69) is 36.6 Å². The quantitative estimate of drug-likeness (QED) is 0.790. The highest BCUT2D eigenvalue weighted by Crippen LogP contribution is 2.28. The van der Waals surface area contributed by atoms with Crippen molar-refractivity contribution in [2.45, 2.75) is 13.3 Å². The molecule has 1 aliphatic heterocycles. The van der Waals surface area contributed by atoms with Crippen LogP contribution in [0.5, 0.6) is 0 Å². The molecule has 0 bridgehead atoms. The molecule has 0 spiro atoms. The zero-order valence-electron chi connectivity index (χ0n) is 12.2. The Bertz CT molecular complexity index is 858. The van der Waals surface area contributed by atoms with E-state index in [9.17, 15) is 4.79 Å². The highest BCUT2D eigenvalue weighted by molar-refractivity contribution is 7.12. The number of aromatic nitrogens is 1. The molecule has 1 aromatic carbocycles. The lowest BCUT2D eigenvalue weighted by molar-refractivity contribution is 0.0953. The van der Waals surface area contributed by atoms with Crippen molar-refractivity contribution in [1.29, 1.82) is 0 Å². The number of thiophene rings is 1. The number of aryl methyl sites for hydroxylation is 1. The topological polar surface area (TPSA) is 45.2 Å². The predicted molar refractivity (Wildman–Crippen MR) is 89.3 cm³/mol. The van der Waals surface area contributed by atoms with E-state index in [1.165, 1.54) is 22.5 Å². The third kappa shape index (κ3) is 2.23. The second-order valence-corrected chi connectivity index (χ2v) is 6.43. The number of hydrogen-bond donors (Lipinski definition) is 1. The van der Waals surface area contributed by atoms with Crippen LogP contribution < -0.4 is 10.4 Å². The van der Waals surface area contributed by atoms with Gasteiger partial charge in [0.25, 0.3) is 5.91 Å². The maximum absolute atomic E-state index is 12.2. The lowest BCUT2D eigenvalue weighted by Crippen LogP contribution is -2.41. The van der Waals surface area contributed by atoms with E-state index in [4.69, 9.17) is 4.98 Å². The Kier molecular flexibility index (Phi) is 3.08. The Morgan fingerprint density at radius 2 is 2.23 bits per heavy atom. The Morgan fingerprint density at radius 1 is 1.32 bits per heavy atom. The number of rotatable bonds is 2. The van der Waals surface area contributed by atoms with Crippen molar-refractivity contribution in [1.82, 2.24) is 10.4 Å². The molecule has 5 heteroatoms. The molecule has 0 saturated heterocycles. The van der Waals surface area contributed by atoms with E-state index in [1.54, 1.807) is 0 Å². The van der Waals surface area contributed by atoms with E-state index >= 15 is 0 Å². The summed E-state index contributed by atoms with van der Waals surface area (Å²) in [5.41, 5.74) is 6.30. The number of anilines is 1. The molecule has 0 aliphatic carbocycles. The smallest absolute Gasteiger partial charge is 0.267 e. The fourth-order valence-electron chi connectivity index (χ4n) is 2.76. The Hall–Kier alpha value is -2.40. The molecule has 0 atom stereocenters. The van der Waals surface area contributed by atoms with E-state index < -0.39 is 0 Å². The number of hydrazine groups is 1. The zero-order valence-corrected chi connectivity index (χ0v) is 13.0. The molecule has 2 aromatic heterocycles. The van der Waals surface area contributed by atoms with Crippen molar-refractivity contribution in [3.05, 3.63) is 57.8 Å². The molecule has 0 unspecified atom stereocenters. The lowest BCUT2D eigenvalue weighted by Gasteiger charge is -2.19. The first-order valence-electron chi connectivity index (χ1n) is 7.23. The predicted octanol–water partition coefficient (Wildman–Crippen LogP) is 3.31. The maximum Gasteiger partial charge on any atom is 0.279 e. The molecule has 22 heavy (non-hydrogen) atoms. The average molecular weight is 309 g/mol. The van der Waals surface area contributed by atoms with Gasteiger partial charge in [-0.3, -0.25) is 15.2 Å². The third-order valence-electron chi connectivity index (χ3n) is 3.87. The van der Waals surface area contributed by atoms with E-state index in [0.717, 1.165) is 29.7 Å². The Morgan fingerprint density at radius 3 is 3.05 bits per heavy atom. The first-order valence-corrected chi connectivity index (χ1v) is 8.11. The molecule has 3 heterocycles. The minimum atomic E-state index is -0.0750. The van der Waals surface area contributed by atoms with Gasteiger partial charge < -0.3 is 0 Å². The molecule has 110 valence electrons. The third-order valence-corrected chi connectivity index (χ3v) is 4.74. The number of benzene rings is 1. The summed E-state index contributed by atoms with van der Waals surface area (Å²) in [6, 6.07) is 12.2. The minimum Gasteiger partial charge on any atom is -0.267 e. The van der Waals surface area contributed by atoms with E-state index in [0.29, 0.717) is 4.88 Å². The van der Waals surface area contributed by atoms with Gasteiger partial charge in [-0.1, -0.05) is 18.2 Å². The largest absolute Gasteiger partial charge is 0.279 e. The van der Waals surface area contributed by atoms with Crippen molar-refractivity contribution in [3.8, 4) is 0 Å². The van der Waals surface area contributed by atoms with Gasteiger partial charge in [-0.25, -0.2) is 4.98 Å². The summed E-state index contributed by atoms with van der Waals surface area (Å²) >= 11 is 1.44. The molecule has 0 radical (unpaired) electrons. The fourth-order valence-corrected chi connectivity index (χ4v) is 3.37. The van der Waals surface area contributed by atoms with Gasteiger partial charge in [0.1, 0.15) is 0 Å². The molecular weight excluding hydrogens is 294 g/mol.